The molecule has 0 saturated heterocycles. The van der Waals surface area contributed by atoms with Gasteiger partial charge >= 0.3 is 0 Å². The van der Waals surface area contributed by atoms with Gasteiger partial charge in [-0.05, 0) is 42.5 Å². The standard InChI is InChI=1S/C16H11Cl2FN2O/c1-21-14-8-11(19)4-2-9(14)6-15(21)16(22)20-13-5-3-10(17)7-12(13)18/h2-8H,1H3,(H,20,22). The number of carbonyl (C=O) groups is 1. The van der Waals surface area contributed by atoms with Crippen LogP contribution < -0.4 is 5.32 Å². The number of fused-ring (bicyclic) bond motifs is 1. The van der Waals surface area contributed by atoms with E-state index in [2.05, 4.69) is 5.32 Å². The summed E-state index contributed by atoms with van der Waals surface area (Å²) < 4.78 is 15.0. The molecule has 0 aliphatic heterocycles. The smallest absolute Gasteiger partial charge is 0.272 e. The van der Waals surface area contributed by atoms with Gasteiger partial charge in [-0.15, -0.1) is 0 Å². The van der Waals surface area contributed by atoms with Crippen molar-refractivity contribution in [2.45, 2.75) is 0 Å². The van der Waals surface area contributed by atoms with Gasteiger partial charge in [0.1, 0.15) is 11.5 Å². The number of nitrogens with zero attached hydrogens (tertiary/aromatic N) is 1. The molecule has 22 heavy (non-hydrogen) atoms. The lowest BCUT2D eigenvalue weighted by molar-refractivity contribution is 0.101. The number of rotatable bonds is 2. The van der Waals surface area contributed by atoms with Crippen LogP contribution in [0.3, 0.4) is 0 Å². The molecule has 2 aromatic carbocycles. The molecule has 1 aromatic heterocycles. The van der Waals surface area contributed by atoms with E-state index < -0.39 is 0 Å². The summed E-state index contributed by atoms with van der Waals surface area (Å²) in [7, 11) is 1.71. The van der Waals surface area contributed by atoms with Crippen LogP contribution >= 0.6 is 23.2 Å². The largest absolute Gasteiger partial charge is 0.340 e. The summed E-state index contributed by atoms with van der Waals surface area (Å²) in [5.74, 6) is -0.676. The average Bonchev–Trinajstić information content (AvgIpc) is 2.79. The van der Waals surface area contributed by atoms with E-state index >= 15 is 0 Å². The summed E-state index contributed by atoms with van der Waals surface area (Å²) in [6.07, 6.45) is 0. The molecule has 1 N–H and O–H groups in total. The Balaban J connectivity index is 1.97. The van der Waals surface area contributed by atoms with E-state index in [1.165, 1.54) is 12.1 Å². The molecule has 0 radical (unpaired) electrons. The van der Waals surface area contributed by atoms with Crippen molar-refractivity contribution in [3.63, 3.8) is 0 Å². The minimum atomic E-state index is -0.346. The molecular formula is C16H11Cl2FN2O. The van der Waals surface area contributed by atoms with Gasteiger partial charge in [0, 0.05) is 17.5 Å². The van der Waals surface area contributed by atoms with Crippen LogP contribution in [-0.2, 0) is 7.05 Å². The third-order valence-electron chi connectivity index (χ3n) is 3.42. The summed E-state index contributed by atoms with van der Waals surface area (Å²) >= 11 is 11.9. The molecule has 0 atom stereocenters. The Morgan fingerprint density at radius 1 is 1.14 bits per heavy atom. The van der Waals surface area contributed by atoms with Gasteiger partial charge in [-0.25, -0.2) is 4.39 Å². The first-order chi connectivity index (χ1) is 10.5. The van der Waals surface area contributed by atoms with Gasteiger partial charge in [-0.1, -0.05) is 23.2 Å². The van der Waals surface area contributed by atoms with Crippen LogP contribution in [0.25, 0.3) is 10.9 Å². The zero-order valence-corrected chi connectivity index (χ0v) is 13.0. The van der Waals surface area contributed by atoms with Crippen LogP contribution in [0.15, 0.2) is 42.5 Å². The SMILES string of the molecule is Cn1c(C(=O)Nc2ccc(Cl)cc2Cl)cc2ccc(F)cc21. The first-order valence-corrected chi connectivity index (χ1v) is 7.22. The molecule has 0 aliphatic carbocycles. The molecule has 0 fully saturated rings. The van der Waals surface area contributed by atoms with Crippen LogP contribution in [0.4, 0.5) is 10.1 Å². The van der Waals surface area contributed by atoms with Crippen molar-refractivity contribution < 1.29 is 9.18 Å². The number of nitrogens with one attached hydrogen (secondary N) is 1. The minimum Gasteiger partial charge on any atom is -0.340 e. The van der Waals surface area contributed by atoms with Crippen molar-refractivity contribution in [1.29, 1.82) is 0 Å². The Hall–Kier alpha value is -2.04. The zero-order valence-electron chi connectivity index (χ0n) is 11.5. The predicted molar refractivity (Wildman–Crippen MR) is 87.3 cm³/mol. The fourth-order valence-corrected chi connectivity index (χ4v) is 2.75. The van der Waals surface area contributed by atoms with E-state index in [-0.39, 0.29) is 11.7 Å². The van der Waals surface area contributed by atoms with Gasteiger partial charge in [0.05, 0.1) is 16.2 Å². The van der Waals surface area contributed by atoms with E-state index in [1.807, 2.05) is 0 Å². The van der Waals surface area contributed by atoms with Crippen LogP contribution in [0.5, 0.6) is 0 Å². The molecule has 1 amide bonds. The summed E-state index contributed by atoms with van der Waals surface area (Å²) in [5, 5.41) is 4.36. The minimum absolute atomic E-state index is 0.330. The van der Waals surface area contributed by atoms with Crippen molar-refractivity contribution >= 4 is 45.7 Å². The van der Waals surface area contributed by atoms with Crippen molar-refractivity contribution in [1.82, 2.24) is 4.57 Å². The Bertz CT molecular complexity index is 889. The maximum absolute atomic E-state index is 13.3. The monoisotopic (exact) mass is 336 g/mol. The molecular weight excluding hydrogens is 326 g/mol. The van der Waals surface area contributed by atoms with Crippen LogP contribution in [0.2, 0.25) is 10.0 Å². The number of carbonyl (C=O) groups excluding carboxylic acids is 1. The van der Waals surface area contributed by atoms with Crippen LogP contribution in [0, 0.1) is 5.82 Å². The molecule has 0 bridgehead atoms. The highest BCUT2D eigenvalue weighted by atomic mass is 35.5. The summed E-state index contributed by atoms with van der Waals surface area (Å²) in [5.41, 5.74) is 1.52. The zero-order chi connectivity index (χ0) is 15.9. The molecule has 1 heterocycles. The lowest BCUT2D eigenvalue weighted by Gasteiger charge is -2.08. The molecule has 6 heteroatoms. The van der Waals surface area contributed by atoms with Gasteiger partial charge in [-0.3, -0.25) is 4.79 Å². The second-order valence-corrected chi connectivity index (χ2v) is 5.71. The second kappa shape index (κ2) is 5.63. The van der Waals surface area contributed by atoms with Gasteiger partial charge in [0.25, 0.3) is 5.91 Å². The molecule has 0 aliphatic rings. The van der Waals surface area contributed by atoms with Crippen molar-refractivity contribution in [2.24, 2.45) is 7.05 Å². The second-order valence-electron chi connectivity index (χ2n) is 4.87. The molecule has 3 aromatic rings. The Morgan fingerprint density at radius 2 is 1.91 bits per heavy atom. The highest BCUT2D eigenvalue weighted by Crippen LogP contribution is 2.26. The van der Waals surface area contributed by atoms with Gasteiger partial charge < -0.3 is 9.88 Å². The van der Waals surface area contributed by atoms with Gasteiger partial charge in [0.2, 0.25) is 0 Å². The number of anilines is 1. The van der Waals surface area contributed by atoms with Crippen molar-refractivity contribution in [2.75, 3.05) is 5.32 Å². The van der Waals surface area contributed by atoms with Gasteiger partial charge in [0.15, 0.2) is 0 Å². The van der Waals surface area contributed by atoms with Crippen molar-refractivity contribution in [3.05, 3.63) is 64.0 Å². The first-order valence-electron chi connectivity index (χ1n) is 6.47. The third kappa shape index (κ3) is 2.67. The van der Waals surface area contributed by atoms with Crippen molar-refractivity contribution in [3.8, 4) is 0 Å². The molecule has 112 valence electrons. The summed E-state index contributed by atoms with van der Waals surface area (Å²) in [6, 6.07) is 10.9. The molecule has 0 saturated carbocycles. The Labute approximate surface area is 136 Å². The molecule has 0 spiro atoms. The molecule has 0 unspecified atom stereocenters. The lowest BCUT2D eigenvalue weighted by atomic mass is 10.2. The normalized spacial score (nSPS) is 10.9. The number of amides is 1. The van der Waals surface area contributed by atoms with E-state index in [0.717, 1.165) is 5.39 Å². The lowest BCUT2D eigenvalue weighted by Crippen LogP contribution is -2.15. The van der Waals surface area contributed by atoms with E-state index in [9.17, 15) is 9.18 Å². The van der Waals surface area contributed by atoms with E-state index in [0.29, 0.717) is 26.9 Å². The van der Waals surface area contributed by atoms with E-state index in [4.69, 9.17) is 23.2 Å². The number of hydrogen-bond acceptors (Lipinski definition) is 1. The fraction of sp³-hybridized carbons (Fsp3) is 0.0625. The molecule has 3 rings (SSSR count). The van der Waals surface area contributed by atoms with Crippen LogP contribution in [0.1, 0.15) is 10.5 Å². The topological polar surface area (TPSA) is 34.0 Å². The summed E-state index contributed by atoms with van der Waals surface area (Å²) in [4.78, 5) is 12.4. The Morgan fingerprint density at radius 3 is 2.64 bits per heavy atom. The maximum atomic E-state index is 13.3. The fourth-order valence-electron chi connectivity index (χ4n) is 2.30. The summed E-state index contributed by atoms with van der Waals surface area (Å²) in [6.45, 7) is 0. The number of aryl methyl sites for hydroxylation is 1. The third-order valence-corrected chi connectivity index (χ3v) is 3.97. The van der Waals surface area contributed by atoms with E-state index in [1.54, 1.807) is 41.9 Å². The molecule has 3 nitrogen and oxygen atoms in total. The number of aromatic nitrogens is 1. The predicted octanol–water partition coefficient (Wildman–Crippen LogP) is 4.88. The Kier molecular flexibility index (Phi) is 3.81. The highest BCUT2D eigenvalue weighted by Gasteiger charge is 2.15. The number of benzene rings is 2. The van der Waals surface area contributed by atoms with Crippen LogP contribution in [-0.4, -0.2) is 10.5 Å². The number of halogens is 3. The van der Waals surface area contributed by atoms with Gasteiger partial charge in [-0.2, -0.15) is 0 Å². The number of hydrogen-bond donors (Lipinski definition) is 1. The first kappa shape index (κ1) is 14.9. The quantitative estimate of drug-likeness (QED) is 0.711. The maximum Gasteiger partial charge on any atom is 0.272 e. The highest BCUT2D eigenvalue weighted by molar-refractivity contribution is 6.36. The average molecular weight is 337 g/mol.